The summed E-state index contributed by atoms with van der Waals surface area (Å²) in [5.74, 6) is -1.78. The molecule has 0 saturated carbocycles. The van der Waals surface area contributed by atoms with Crippen LogP contribution < -0.4 is 5.32 Å². The van der Waals surface area contributed by atoms with Crippen LogP contribution in [0.15, 0.2) is 78.9 Å². The number of amides is 2. The minimum atomic E-state index is -0.916. The number of hydrogen-bond donors (Lipinski definition) is 1. The van der Waals surface area contributed by atoms with Crippen LogP contribution in [0.3, 0.4) is 0 Å². The van der Waals surface area contributed by atoms with E-state index < -0.39 is 29.1 Å². The quantitative estimate of drug-likeness (QED) is 0.507. The molecule has 6 heteroatoms. The Hall–Kier alpha value is -3.54. The Morgan fingerprint density at radius 3 is 1.91 bits per heavy atom. The van der Waals surface area contributed by atoms with Gasteiger partial charge >= 0.3 is 0 Å². The van der Waals surface area contributed by atoms with E-state index in [2.05, 4.69) is 5.32 Å². The molecule has 0 aliphatic carbocycles. The van der Waals surface area contributed by atoms with Crippen molar-refractivity contribution in [3.05, 3.63) is 107 Å². The predicted molar refractivity (Wildman–Crippen MR) is 129 cm³/mol. The summed E-state index contributed by atoms with van der Waals surface area (Å²) >= 11 is 0. The SMILES string of the molecule is CC(C)(C)NC(=O)C(Cc1ccccc1)N(Cc1ccccc1F)C(=O)Cc1ccccc1F. The topological polar surface area (TPSA) is 49.4 Å². The summed E-state index contributed by atoms with van der Waals surface area (Å²) in [6, 6.07) is 20.6. The van der Waals surface area contributed by atoms with Crippen molar-refractivity contribution in [3.63, 3.8) is 0 Å². The Morgan fingerprint density at radius 2 is 1.35 bits per heavy atom. The number of carbonyl (C=O) groups is 2. The summed E-state index contributed by atoms with van der Waals surface area (Å²) in [5.41, 5.74) is 0.824. The lowest BCUT2D eigenvalue weighted by Crippen LogP contribution is -2.54. The molecule has 0 aliphatic rings. The van der Waals surface area contributed by atoms with Crippen LogP contribution in [0.2, 0.25) is 0 Å². The van der Waals surface area contributed by atoms with Crippen LogP contribution in [0.1, 0.15) is 37.5 Å². The van der Waals surface area contributed by atoms with Crippen LogP contribution in [-0.4, -0.2) is 28.3 Å². The van der Waals surface area contributed by atoms with Crippen LogP contribution in [0.4, 0.5) is 8.78 Å². The number of halogens is 2. The summed E-state index contributed by atoms with van der Waals surface area (Å²) in [6.45, 7) is 5.45. The van der Waals surface area contributed by atoms with E-state index in [9.17, 15) is 18.4 Å². The van der Waals surface area contributed by atoms with Gasteiger partial charge in [-0.2, -0.15) is 0 Å². The first kappa shape index (κ1) is 25.1. The summed E-state index contributed by atoms with van der Waals surface area (Å²) in [6.07, 6.45) is -0.00453. The van der Waals surface area contributed by atoms with Crippen molar-refractivity contribution in [3.8, 4) is 0 Å². The normalized spacial score (nSPS) is 12.1. The molecule has 34 heavy (non-hydrogen) atoms. The highest BCUT2D eigenvalue weighted by atomic mass is 19.1. The Morgan fingerprint density at radius 1 is 0.824 bits per heavy atom. The third-order valence-corrected chi connectivity index (χ3v) is 5.37. The van der Waals surface area contributed by atoms with E-state index in [4.69, 9.17) is 0 Å². The van der Waals surface area contributed by atoms with Gasteiger partial charge in [0.25, 0.3) is 0 Å². The van der Waals surface area contributed by atoms with Crippen molar-refractivity contribution in [2.45, 2.75) is 51.7 Å². The Bertz CT molecular complexity index is 1130. The molecule has 4 nitrogen and oxygen atoms in total. The maximum absolute atomic E-state index is 14.6. The number of benzene rings is 3. The van der Waals surface area contributed by atoms with Crippen molar-refractivity contribution in [1.29, 1.82) is 0 Å². The van der Waals surface area contributed by atoms with Crippen molar-refractivity contribution in [1.82, 2.24) is 10.2 Å². The molecule has 0 spiro atoms. The highest BCUT2D eigenvalue weighted by Gasteiger charge is 2.32. The van der Waals surface area contributed by atoms with Crippen LogP contribution in [0, 0.1) is 11.6 Å². The average molecular weight is 465 g/mol. The summed E-state index contributed by atoms with van der Waals surface area (Å²) in [5, 5.41) is 2.95. The smallest absolute Gasteiger partial charge is 0.243 e. The molecule has 2 amide bonds. The highest BCUT2D eigenvalue weighted by Crippen LogP contribution is 2.19. The molecule has 1 unspecified atom stereocenters. The number of rotatable bonds is 8. The van der Waals surface area contributed by atoms with E-state index in [1.165, 1.54) is 23.1 Å². The van der Waals surface area contributed by atoms with E-state index in [-0.39, 0.29) is 36.4 Å². The molecule has 3 aromatic carbocycles. The van der Waals surface area contributed by atoms with Crippen molar-refractivity contribution < 1.29 is 18.4 Å². The minimum Gasteiger partial charge on any atom is -0.350 e. The van der Waals surface area contributed by atoms with Gasteiger partial charge in [0.1, 0.15) is 17.7 Å². The molecule has 0 aliphatic heterocycles. The fourth-order valence-electron chi connectivity index (χ4n) is 3.72. The van der Waals surface area contributed by atoms with E-state index in [1.54, 1.807) is 30.3 Å². The van der Waals surface area contributed by atoms with Gasteiger partial charge in [-0.1, -0.05) is 66.7 Å². The first-order chi connectivity index (χ1) is 16.1. The van der Waals surface area contributed by atoms with E-state index in [1.807, 2.05) is 51.1 Å². The second kappa shape index (κ2) is 11.1. The Kier molecular flexibility index (Phi) is 8.16. The van der Waals surface area contributed by atoms with Crippen molar-refractivity contribution in [2.75, 3.05) is 0 Å². The number of carbonyl (C=O) groups excluding carboxylic acids is 2. The second-order valence-electron chi connectivity index (χ2n) is 9.33. The van der Waals surface area contributed by atoms with Gasteiger partial charge in [0, 0.05) is 24.1 Å². The molecule has 178 valence electrons. The molecule has 3 rings (SSSR count). The molecule has 0 fully saturated rings. The summed E-state index contributed by atoms with van der Waals surface area (Å²) in [4.78, 5) is 28.3. The van der Waals surface area contributed by atoms with Crippen molar-refractivity contribution >= 4 is 11.8 Å². The lowest BCUT2D eigenvalue weighted by Gasteiger charge is -2.34. The van der Waals surface area contributed by atoms with Crippen LogP contribution in [0.5, 0.6) is 0 Å². The van der Waals surface area contributed by atoms with Gasteiger partial charge in [0.05, 0.1) is 6.42 Å². The zero-order valence-corrected chi connectivity index (χ0v) is 19.7. The minimum absolute atomic E-state index is 0.116. The molecular weight excluding hydrogens is 434 g/mol. The zero-order valence-electron chi connectivity index (χ0n) is 19.7. The third-order valence-electron chi connectivity index (χ3n) is 5.37. The molecule has 0 radical (unpaired) electrons. The largest absolute Gasteiger partial charge is 0.350 e. The maximum atomic E-state index is 14.6. The fourth-order valence-corrected chi connectivity index (χ4v) is 3.72. The third kappa shape index (κ3) is 6.98. The molecule has 1 atom stereocenters. The molecule has 0 aromatic heterocycles. The first-order valence-corrected chi connectivity index (χ1v) is 11.3. The lowest BCUT2D eigenvalue weighted by molar-refractivity contribution is -0.141. The molecule has 1 N–H and O–H groups in total. The summed E-state index contributed by atoms with van der Waals surface area (Å²) in [7, 11) is 0. The second-order valence-corrected chi connectivity index (χ2v) is 9.33. The highest BCUT2D eigenvalue weighted by molar-refractivity contribution is 5.89. The van der Waals surface area contributed by atoms with Crippen molar-refractivity contribution in [2.24, 2.45) is 0 Å². The van der Waals surface area contributed by atoms with Crippen LogP contribution >= 0.6 is 0 Å². The molecular formula is C28H30F2N2O2. The fraction of sp³-hybridized carbons (Fsp3) is 0.286. The van der Waals surface area contributed by atoms with Gasteiger partial charge in [-0.25, -0.2) is 8.78 Å². The Balaban J connectivity index is 2.01. The van der Waals surface area contributed by atoms with Gasteiger partial charge in [-0.3, -0.25) is 9.59 Å². The van der Waals surface area contributed by atoms with Gasteiger partial charge in [-0.15, -0.1) is 0 Å². The van der Waals surface area contributed by atoms with Gasteiger partial charge in [0.15, 0.2) is 0 Å². The first-order valence-electron chi connectivity index (χ1n) is 11.3. The monoisotopic (exact) mass is 464 g/mol. The van der Waals surface area contributed by atoms with Crippen LogP contribution in [0.25, 0.3) is 0 Å². The molecule has 0 saturated heterocycles. The van der Waals surface area contributed by atoms with Gasteiger partial charge in [0.2, 0.25) is 11.8 Å². The lowest BCUT2D eigenvalue weighted by atomic mass is 9.99. The predicted octanol–water partition coefficient (Wildman–Crippen LogP) is 5.06. The van der Waals surface area contributed by atoms with E-state index in [0.29, 0.717) is 0 Å². The van der Waals surface area contributed by atoms with E-state index in [0.717, 1.165) is 5.56 Å². The Labute approximate surface area is 199 Å². The molecule has 3 aromatic rings. The maximum Gasteiger partial charge on any atom is 0.243 e. The molecule has 0 bridgehead atoms. The summed E-state index contributed by atoms with van der Waals surface area (Å²) < 4.78 is 28.9. The number of nitrogens with zero attached hydrogens (tertiary/aromatic N) is 1. The average Bonchev–Trinajstić information content (AvgIpc) is 2.78. The van der Waals surface area contributed by atoms with Crippen LogP contribution in [-0.2, 0) is 29.0 Å². The zero-order chi connectivity index (χ0) is 24.7. The van der Waals surface area contributed by atoms with Gasteiger partial charge in [-0.05, 0) is 44.0 Å². The van der Waals surface area contributed by atoms with Gasteiger partial charge < -0.3 is 10.2 Å². The van der Waals surface area contributed by atoms with E-state index >= 15 is 0 Å². The number of hydrogen-bond acceptors (Lipinski definition) is 2. The standard InChI is InChI=1S/C28H30F2N2O2/c1-28(2,3)31-27(34)25(17-20-11-5-4-6-12-20)32(19-22-14-8-10-16-24(22)30)26(33)18-21-13-7-9-15-23(21)29/h4-16,25H,17-19H2,1-3H3,(H,31,34). The number of nitrogens with one attached hydrogen (secondary N) is 1. The molecule has 0 heterocycles.